The minimum atomic E-state index is 0.543. The molecule has 0 aromatic heterocycles. The van der Waals surface area contributed by atoms with E-state index in [4.69, 9.17) is 0 Å². The number of nitrogens with one attached hydrogen (secondary N) is 1. The molecule has 0 aliphatic rings. The normalized spacial score (nSPS) is 12.5. The summed E-state index contributed by atoms with van der Waals surface area (Å²) in [6.07, 6.45) is 2.16. The van der Waals surface area contributed by atoms with Crippen LogP contribution in [0.4, 0.5) is 5.69 Å². The van der Waals surface area contributed by atoms with Crippen LogP contribution < -0.4 is 10.2 Å². The van der Waals surface area contributed by atoms with E-state index in [0.717, 1.165) is 23.3 Å². The lowest BCUT2D eigenvalue weighted by Crippen LogP contribution is -2.32. The first-order valence-electron chi connectivity index (χ1n) is 6.31. The second-order valence-electron chi connectivity index (χ2n) is 4.47. The topological polar surface area (TPSA) is 15.3 Å². The molecule has 1 atom stereocenters. The Balaban J connectivity index is 2.91. The van der Waals surface area contributed by atoms with Crippen molar-refractivity contribution in [3.8, 4) is 0 Å². The van der Waals surface area contributed by atoms with Crippen molar-refractivity contribution in [2.75, 3.05) is 30.5 Å². The van der Waals surface area contributed by atoms with E-state index in [-0.39, 0.29) is 0 Å². The summed E-state index contributed by atoms with van der Waals surface area (Å²) < 4.78 is 1.14. The number of hydrogen-bond acceptors (Lipinski definition) is 3. The van der Waals surface area contributed by atoms with Gasteiger partial charge in [0.1, 0.15) is 0 Å². The zero-order valence-electron chi connectivity index (χ0n) is 11.7. The summed E-state index contributed by atoms with van der Waals surface area (Å²) in [5.41, 5.74) is 2.67. The molecule has 0 saturated heterocycles. The van der Waals surface area contributed by atoms with E-state index >= 15 is 0 Å². The van der Waals surface area contributed by atoms with Gasteiger partial charge in [-0.25, -0.2) is 0 Å². The van der Waals surface area contributed by atoms with Gasteiger partial charge in [0, 0.05) is 35.5 Å². The summed E-state index contributed by atoms with van der Waals surface area (Å²) in [6.45, 7) is 6.32. The molecule has 18 heavy (non-hydrogen) atoms. The van der Waals surface area contributed by atoms with Gasteiger partial charge in [-0.2, -0.15) is 11.8 Å². The van der Waals surface area contributed by atoms with E-state index < -0.39 is 0 Å². The monoisotopic (exact) mass is 330 g/mol. The minimum absolute atomic E-state index is 0.543. The smallest absolute Gasteiger partial charge is 0.0412 e. The Morgan fingerprint density at radius 3 is 2.78 bits per heavy atom. The van der Waals surface area contributed by atoms with Crippen LogP contribution >= 0.6 is 27.7 Å². The van der Waals surface area contributed by atoms with Crippen LogP contribution in [0.15, 0.2) is 22.7 Å². The van der Waals surface area contributed by atoms with E-state index in [1.165, 1.54) is 11.3 Å². The number of hydrogen-bond donors (Lipinski definition) is 1. The summed E-state index contributed by atoms with van der Waals surface area (Å²) in [5, 5.41) is 3.41. The van der Waals surface area contributed by atoms with Crippen LogP contribution in [0.25, 0.3) is 0 Å². The predicted octanol–water partition coefficient (Wildman–Crippen LogP) is 3.75. The van der Waals surface area contributed by atoms with Crippen molar-refractivity contribution in [2.24, 2.45) is 0 Å². The molecule has 0 heterocycles. The van der Waals surface area contributed by atoms with Gasteiger partial charge in [-0.3, -0.25) is 0 Å². The highest BCUT2D eigenvalue weighted by molar-refractivity contribution is 9.10. The average Bonchev–Trinajstić information content (AvgIpc) is 2.36. The maximum Gasteiger partial charge on any atom is 0.0412 e. The fourth-order valence-corrected chi connectivity index (χ4v) is 3.00. The van der Waals surface area contributed by atoms with Crippen molar-refractivity contribution >= 4 is 33.4 Å². The molecule has 1 aromatic carbocycles. The first-order valence-corrected chi connectivity index (χ1v) is 8.49. The lowest BCUT2D eigenvalue weighted by Gasteiger charge is -2.29. The first kappa shape index (κ1) is 15.9. The minimum Gasteiger partial charge on any atom is -0.371 e. The molecule has 1 aromatic rings. The number of anilines is 1. The van der Waals surface area contributed by atoms with Crippen LogP contribution in [0.5, 0.6) is 0 Å². The number of nitrogens with zero attached hydrogens (tertiary/aromatic N) is 1. The summed E-state index contributed by atoms with van der Waals surface area (Å²) in [5.74, 6) is 1.15. The molecule has 1 unspecified atom stereocenters. The molecule has 0 radical (unpaired) electrons. The number of benzene rings is 1. The van der Waals surface area contributed by atoms with Gasteiger partial charge in [-0.1, -0.05) is 22.9 Å². The third-order valence-electron chi connectivity index (χ3n) is 3.06. The predicted molar refractivity (Wildman–Crippen MR) is 87.8 cm³/mol. The van der Waals surface area contributed by atoms with Crippen molar-refractivity contribution in [3.05, 3.63) is 28.2 Å². The van der Waals surface area contributed by atoms with Crippen LogP contribution in [-0.2, 0) is 6.54 Å². The summed E-state index contributed by atoms with van der Waals surface area (Å²) in [4.78, 5) is 2.37. The maximum absolute atomic E-state index is 3.55. The van der Waals surface area contributed by atoms with E-state index in [2.05, 4.69) is 71.5 Å². The van der Waals surface area contributed by atoms with Crippen LogP contribution in [0, 0.1) is 0 Å². The molecule has 0 aliphatic heterocycles. The van der Waals surface area contributed by atoms with Crippen molar-refractivity contribution in [1.29, 1.82) is 0 Å². The van der Waals surface area contributed by atoms with Gasteiger partial charge < -0.3 is 10.2 Å². The zero-order valence-corrected chi connectivity index (χ0v) is 14.1. The number of halogens is 1. The fourth-order valence-electron chi connectivity index (χ4n) is 1.89. The standard InChI is InChI=1S/C14H23BrN2S/c1-5-16-9-12-8-13(15)6-7-14(12)17(3)11(2)10-18-4/h6-8,11,16H,5,9-10H2,1-4H3. The van der Waals surface area contributed by atoms with Crippen LogP contribution in [0.2, 0.25) is 0 Å². The van der Waals surface area contributed by atoms with Crippen molar-refractivity contribution in [1.82, 2.24) is 5.32 Å². The highest BCUT2D eigenvalue weighted by Gasteiger charge is 2.13. The molecule has 0 amide bonds. The van der Waals surface area contributed by atoms with Crippen LogP contribution in [0.3, 0.4) is 0 Å². The van der Waals surface area contributed by atoms with Crippen molar-refractivity contribution in [2.45, 2.75) is 26.4 Å². The van der Waals surface area contributed by atoms with E-state index in [1.54, 1.807) is 0 Å². The molecule has 4 heteroatoms. The van der Waals surface area contributed by atoms with E-state index in [0.29, 0.717) is 6.04 Å². The van der Waals surface area contributed by atoms with Crippen molar-refractivity contribution in [3.63, 3.8) is 0 Å². The maximum atomic E-state index is 3.55. The summed E-state index contributed by atoms with van der Waals surface area (Å²) >= 11 is 5.45. The van der Waals surface area contributed by atoms with E-state index in [1.807, 2.05) is 11.8 Å². The Labute approximate surface area is 124 Å². The van der Waals surface area contributed by atoms with Gasteiger partial charge in [0.15, 0.2) is 0 Å². The average molecular weight is 331 g/mol. The first-order chi connectivity index (χ1) is 8.60. The molecule has 0 saturated carbocycles. The molecule has 1 N–H and O–H groups in total. The highest BCUT2D eigenvalue weighted by atomic mass is 79.9. The van der Waals surface area contributed by atoms with Crippen LogP contribution in [0.1, 0.15) is 19.4 Å². The second kappa shape index (κ2) is 8.08. The Hall–Kier alpha value is -0.190. The van der Waals surface area contributed by atoms with Gasteiger partial charge in [0.2, 0.25) is 0 Å². The lowest BCUT2D eigenvalue weighted by atomic mass is 10.1. The molecule has 102 valence electrons. The van der Waals surface area contributed by atoms with Crippen LogP contribution in [-0.4, -0.2) is 31.6 Å². The molecule has 0 fully saturated rings. The Morgan fingerprint density at radius 2 is 2.17 bits per heavy atom. The third kappa shape index (κ3) is 4.48. The SMILES string of the molecule is CCNCc1cc(Br)ccc1N(C)C(C)CSC. The molecule has 2 nitrogen and oxygen atoms in total. The molecule has 1 rings (SSSR count). The van der Waals surface area contributed by atoms with Gasteiger partial charge in [-0.05, 0) is 43.5 Å². The Kier molecular flexibility index (Phi) is 7.12. The van der Waals surface area contributed by atoms with Gasteiger partial charge in [0.05, 0.1) is 0 Å². The highest BCUT2D eigenvalue weighted by Crippen LogP contribution is 2.25. The summed E-state index contributed by atoms with van der Waals surface area (Å²) in [7, 11) is 2.18. The lowest BCUT2D eigenvalue weighted by molar-refractivity contribution is 0.711. The Morgan fingerprint density at radius 1 is 1.44 bits per heavy atom. The molecule has 0 aliphatic carbocycles. The second-order valence-corrected chi connectivity index (χ2v) is 6.29. The number of rotatable bonds is 7. The van der Waals surface area contributed by atoms with Crippen molar-refractivity contribution < 1.29 is 0 Å². The molecule has 0 spiro atoms. The summed E-state index contributed by atoms with van der Waals surface area (Å²) in [6, 6.07) is 7.07. The fraction of sp³-hybridized carbons (Fsp3) is 0.571. The molecular formula is C14H23BrN2S. The third-order valence-corrected chi connectivity index (χ3v) is 4.36. The van der Waals surface area contributed by atoms with Gasteiger partial charge in [0.25, 0.3) is 0 Å². The quantitative estimate of drug-likeness (QED) is 0.819. The molecular weight excluding hydrogens is 308 g/mol. The Bertz CT molecular complexity index is 371. The van der Waals surface area contributed by atoms with Gasteiger partial charge in [-0.15, -0.1) is 0 Å². The van der Waals surface area contributed by atoms with Gasteiger partial charge >= 0.3 is 0 Å². The number of thioether (sulfide) groups is 1. The van der Waals surface area contributed by atoms with E-state index in [9.17, 15) is 0 Å². The largest absolute Gasteiger partial charge is 0.371 e. The zero-order chi connectivity index (χ0) is 13.5. The molecule has 0 bridgehead atoms.